The average Bonchev–Trinajstić information content (AvgIpc) is 2.46. The number of hydrogen-bond donors (Lipinski definition) is 1. The monoisotopic (exact) mass is 326 g/mol. The van der Waals surface area contributed by atoms with Gasteiger partial charge in [0.1, 0.15) is 11.8 Å². The largest absolute Gasteiger partial charge is 0.444 e. The molecule has 2 aliphatic heterocycles. The average molecular weight is 326 g/mol. The second-order valence-electron chi connectivity index (χ2n) is 7.68. The summed E-state index contributed by atoms with van der Waals surface area (Å²) in [4.78, 5) is 27.7. The van der Waals surface area contributed by atoms with Gasteiger partial charge in [-0.05, 0) is 58.8 Å². The van der Waals surface area contributed by atoms with Gasteiger partial charge in [0.05, 0.1) is 0 Å². The Morgan fingerprint density at radius 2 is 1.74 bits per heavy atom. The zero-order chi connectivity index (χ0) is 17.0. The number of aliphatic hydroxyl groups excluding tert-OH is 1. The molecular formula is C17H30N2O4. The van der Waals surface area contributed by atoms with Crippen LogP contribution in [0.5, 0.6) is 0 Å². The maximum atomic E-state index is 12.3. The molecular weight excluding hydrogens is 296 g/mol. The SMILES string of the molecule is CC(C)(C)OC(=O)N1CCC(CC(=O)N2CCCCC2O)CC1. The molecule has 2 saturated heterocycles. The van der Waals surface area contributed by atoms with Crippen molar-refractivity contribution < 1.29 is 19.4 Å². The first kappa shape index (κ1) is 18.0. The van der Waals surface area contributed by atoms with Crippen molar-refractivity contribution >= 4 is 12.0 Å². The normalized spacial score (nSPS) is 23.7. The van der Waals surface area contributed by atoms with E-state index in [1.54, 1.807) is 9.80 Å². The Hall–Kier alpha value is -1.30. The Morgan fingerprint density at radius 1 is 1.09 bits per heavy atom. The number of hydrogen-bond acceptors (Lipinski definition) is 4. The van der Waals surface area contributed by atoms with Crippen LogP contribution in [0.15, 0.2) is 0 Å². The zero-order valence-corrected chi connectivity index (χ0v) is 14.6. The van der Waals surface area contributed by atoms with Crippen LogP contribution in [0, 0.1) is 5.92 Å². The fourth-order valence-corrected chi connectivity index (χ4v) is 3.22. The molecule has 2 rings (SSSR count). The predicted octanol–water partition coefficient (Wildman–Crippen LogP) is 2.35. The number of ether oxygens (including phenoxy) is 1. The van der Waals surface area contributed by atoms with Gasteiger partial charge in [-0.3, -0.25) is 4.79 Å². The summed E-state index contributed by atoms with van der Waals surface area (Å²) in [5.41, 5.74) is -0.478. The maximum Gasteiger partial charge on any atom is 0.410 e. The first-order valence-electron chi connectivity index (χ1n) is 8.72. The highest BCUT2D eigenvalue weighted by molar-refractivity contribution is 5.76. The van der Waals surface area contributed by atoms with E-state index in [9.17, 15) is 14.7 Å². The van der Waals surface area contributed by atoms with Crippen molar-refractivity contribution in [1.29, 1.82) is 0 Å². The molecule has 1 unspecified atom stereocenters. The Balaban J connectivity index is 1.76. The van der Waals surface area contributed by atoms with E-state index >= 15 is 0 Å². The van der Waals surface area contributed by atoms with Crippen molar-refractivity contribution in [3.63, 3.8) is 0 Å². The van der Waals surface area contributed by atoms with Gasteiger partial charge >= 0.3 is 6.09 Å². The third-order valence-electron chi connectivity index (χ3n) is 4.52. The Bertz CT molecular complexity index is 425. The van der Waals surface area contributed by atoms with Gasteiger partial charge in [0, 0.05) is 26.1 Å². The second kappa shape index (κ2) is 7.51. The molecule has 132 valence electrons. The molecule has 0 aliphatic carbocycles. The minimum absolute atomic E-state index is 0.0490. The van der Waals surface area contributed by atoms with Gasteiger partial charge < -0.3 is 19.6 Å². The molecule has 2 amide bonds. The van der Waals surface area contributed by atoms with Crippen molar-refractivity contribution in [2.75, 3.05) is 19.6 Å². The van der Waals surface area contributed by atoms with Gasteiger partial charge in [-0.15, -0.1) is 0 Å². The fraction of sp³-hybridized carbons (Fsp3) is 0.882. The fourth-order valence-electron chi connectivity index (χ4n) is 3.22. The molecule has 0 aromatic carbocycles. The maximum absolute atomic E-state index is 12.3. The highest BCUT2D eigenvalue weighted by atomic mass is 16.6. The van der Waals surface area contributed by atoms with Crippen molar-refractivity contribution in [1.82, 2.24) is 9.80 Å². The van der Waals surface area contributed by atoms with Crippen molar-refractivity contribution in [3.8, 4) is 0 Å². The predicted molar refractivity (Wildman–Crippen MR) is 86.7 cm³/mol. The lowest BCUT2D eigenvalue weighted by Crippen LogP contribution is -2.45. The molecule has 2 heterocycles. The van der Waals surface area contributed by atoms with Crippen LogP contribution in [-0.2, 0) is 9.53 Å². The summed E-state index contributed by atoms with van der Waals surface area (Å²) in [5.74, 6) is 0.336. The molecule has 6 nitrogen and oxygen atoms in total. The number of likely N-dealkylation sites (tertiary alicyclic amines) is 2. The van der Waals surface area contributed by atoms with E-state index in [1.165, 1.54) is 0 Å². The number of carbonyl (C=O) groups is 2. The first-order chi connectivity index (χ1) is 10.8. The molecule has 0 spiro atoms. The van der Waals surface area contributed by atoms with Crippen LogP contribution >= 0.6 is 0 Å². The van der Waals surface area contributed by atoms with Gasteiger partial charge in [0.25, 0.3) is 0 Å². The topological polar surface area (TPSA) is 70.1 Å². The van der Waals surface area contributed by atoms with E-state index < -0.39 is 11.8 Å². The molecule has 1 N–H and O–H groups in total. The highest BCUT2D eigenvalue weighted by Crippen LogP contribution is 2.24. The third-order valence-corrected chi connectivity index (χ3v) is 4.52. The number of rotatable bonds is 2. The van der Waals surface area contributed by atoms with Gasteiger partial charge in [-0.2, -0.15) is 0 Å². The van der Waals surface area contributed by atoms with Crippen molar-refractivity contribution in [2.45, 2.75) is 71.1 Å². The van der Waals surface area contributed by atoms with Gasteiger partial charge in [0.2, 0.25) is 5.91 Å². The molecule has 0 aromatic rings. The zero-order valence-electron chi connectivity index (χ0n) is 14.6. The van der Waals surface area contributed by atoms with Crippen LogP contribution in [-0.4, -0.2) is 58.4 Å². The second-order valence-corrected chi connectivity index (χ2v) is 7.68. The van der Waals surface area contributed by atoms with Crippen LogP contribution in [0.1, 0.15) is 59.3 Å². The molecule has 0 bridgehead atoms. The lowest BCUT2D eigenvalue weighted by molar-refractivity contribution is -0.145. The molecule has 6 heteroatoms. The molecule has 0 aromatic heterocycles. The van der Waals surface area contributed by atoms with Crippen LogP contribution in [0.25, 0.3) is 0 Å². The standard InChI is InChI=1S/C17H30N2O4/c1-17(2,3)23-16(22)18-10-7-13(8-11-18)12-15(21)19-9-5-4-6-14(19)20/h13-14,20H,4-12H2,1-3H3. The Labute approximate surface area is 138 Å². The summed E-state index contributed by atoms with van der Waals surface area (Å²) in [6, 6.07) is 0. The number of nitrogens with zero attached hydrogens (tertiary/aromatic N) is 2. The van der Waals surface area contributed by atoms with Crippen LogP contribution in [0.2, 0.25) is 0 Å². The summed E-state index contributed by atoms with van der Waals surface area (Å²) in [6.07, 6.45) is 3.86. The number of carbonyl (C=O) groups excluding carboxylic acids is 2. The Kier molecular flexibility index (Phi) is 5.89. The van der Waals surface area contributed by atoms with E-state index in [0.29, 0.717) is 32.5 Å². The minimum Gasteiger partial charge on any atom is -0.444 e. The van der Waals surface area contributed by atoms with Gasteiger partial charge in [-0.25, -0.2) is 4.79 Å². The van der Waals surface area contributed by atoms with Crippen LogP contribution in [0.3, 0.4) is 0 Å². The molecule has 0 saturated carbocycles. The van der Waals surface area contributed by atoms with E-state index in [1.807, 2.05) is 20.8 Å². The summed E-state index contributed by atoms with van der Waals surface area (Å²) < 4.78 is 5.38. The first-order valence-corrected chi connectivity index (χ1v) is 8.72. The lowest BCUT2D eigenvalue weighted by Gasteiger charge is -2.36. The third kappa shape index (κ3) is 5.37. The summed E-state index contributed by atoms with van der Waals surface area (Å²) >= 11 is 0. The Morgan fingerprint density at radius 3 is 2.30 bits per heavy atom. The lowest BCUT2D eigenvalue weighted by atomic mass is 9.92. The summed E-state index contributed by atoms with van der Waals surface area (Å²) in [5, 5.41) is 9.93. The molecule has 0 radical (unpaired) electrons. The summed E-state index contributed by atoms with van der Waals surface area (Å²) in [7, 11) is 0. The van der Waals surface area contributed by atoms with E-state index in [4.69, 9.17) is 4.74 Å². The van der Waals surface area contributed by atoms with Crippen molar-refractivity contribution in [3.05, 3.63) is 0 Å². The van der Waals surface area contributed by atoms with E-state index in [2.05, 4.69) is 0 Å². The van der Waals surface area contributed by atoms with Crippen molar-refractivity contribution in [2.24, 2.45) is 5.92 Å². The molecule has 2 aliphatic rings. The molecule has 23 heavy (non-hydrogen) atoms. The van der Waals surface area contributed by atoms with Crippen LogP contribution < -0.4 is 0 Å². The molecule has 1 atom stereocenters. The van der Waals surface area contributed by atoms with Crippen LogP contribution in [0.4, 0.5) is 4.79 Å². The molecule has 2 fully saturated rings. The minimum atomic E-state index is -0.613. The van der Waals surface area contributed by atoms with Gasteiger partial charge in [-0.1, -0.05) is 0 Å². The highest BCUT2D eigenvalue weighted by Gasteiger charge is 2.30. The van der Waals surface area contributed by atoms with E-state index in [0.717, 1.165) is 25.7 Å². The van der Waals surface area contributed by atoms with E-state index in [-0.39, 0.29) is 17.9 Å². The summed E-state index contributed by atoms with van der Waals surface area (Å²) in [6.45, 7) is 7.52. The number of piperidine rings is 2. The number of amides is 2. The quantitative estimate of drug-likeness (QED) is 0.845. The van der Waals surface area contributed by atoms with Gasteiger partial charge in [0.15, 0.2) is 0 Å². The smallest absolute Gasteiger partial charge is 0.410 e. The number of aliphatic hydroxyl groups is 1.